The molecule has 0 atom stereocenters. The van der Waals surface area contributed by atoms with Crippen molar-refractivity contribution in [3.8, 4) is 5.75 Å². The van der Waals surface area contributed by atoms with Crippen LogP contribution in [-0.2, 0) is 6.54 Å². The molecule has 1 aliphatic heterocycles. The summed E-state index contributed by atoms with van der Waals surface area (Å²) in [6.07, 6.45) is 1.50. The van der Waals surface area contributed by atoms with Crippen molar-refractivity contribution in [3.63, 3.8) is 0 Å². The van der Waals surface area contributed by atoms with Crippen LogP contribution in [0.2, 0.25) is 5.02 Å². The van der Waals surface area contributed by atoms with Crippen LogP contribution >= 0.6 is 11.6 Å². The van der Waals surface area contributed by atoms with Gasteiger partial charge in [-0.25, -0.2) is 4.98 Å². The molecule has 0 spiro atoms. The normalized spacial score (nSPS) is 16.1. The Morgan fingerprint density at radius 1 is 1.00 bits per heavy atom. The molecule has 3 rings (SSSR count). The van der Waals surface area contributed by atoms with Gasteiger partial charge in [-0.15, -0.1) is 0 Å². The molecule has 5 heteroatoms. The number of hydrogen-bond acceptors (Lipinski definition) is 4. The largest absolute Gasteiger partial charge is 0.506 e. The zero-order valence-electron chi connectivity index (χ0n) is 11.7. The molecule has 4 nitrogen and oxygen atoms in total. The van der Waals surface area contributed by atoms with Crippen molar-refractivity contribution in [1.29, 1.82) is 0 Å². The van der Waals surface area contributed by atoms with Crippen molar-refractivity contribution in [2.24, 2.45) is 0 Å². The van der Waals surface area contributed by atoms with Crippen molar-refractivity contribution in [1.82, 2.24) is 9.88 Å². The van der Waals surface area contributed by atoms with Crippen LogP contribution in [0.5, 0.6) is 5.75 Å². The summed E-state index contributed by atoms with van der Waals surface area (Å²) in [5.74, 6) is 1.14. The van der Waals surface area contributed by atoms with E-state index in [4.69, 9.17) is 11.6 Å². The summed E-state index contributed by atoms with van der Waals surface area (Å²) in [7, 11) is 0. The first-order valence-corrected chi connectivity index (χ1v) is 7.45. The smallest absolute Gasteiger partial charge is 0.134 e. The first-order valence-electron chi connectivity index (χ1n) is 7.07. The number of aromatic hydroxyl groups is 1. The molecular formula is C16H18ClN3O. The van der Waals surface area contributed by atoms with Gasteiger partial charge in [0.15, 0.2) is 0 Å². The van der Waals surface area contributed by atoms with Gasteiger partial charge < -0.3 is 10.0 Å². The van der Waals surface area contributed by atoms with Crippen molar-refractivity contribution in [2.75, 3.05) is 31.1 Å². The minimum Gasteiger partial charge on any atom is -0.506 e. The Morgan fingerprint density at radius 3 is 2.33 bits per heavy atom. The van der Waals surface area contributed by atoms with Gasteiger partial charge in [-0.3, -0.25) is 4.90 Å². The number of nitrogens with zero attached hydrogens (tertiary/aromatic N) is 3. The minimum atomic E-state index is 0.208. The Hall–Kier alpha value is -1.78. The van der Waals surface area contributed by atoms with Gasteiger partial charge in [0.2, 0.25) is 0 Å². The number of halogens is 1. The standard InChI is InChI=1S/C16H18ClN3O/c17-14-3-1-13(2-4-14)12-19-7-9-20(10-8-19)16-6-5-15(21)11-18-16/h1-6,11,21H,7-10,12H2. The third kappa shape index (κ3) is 3.65. The van der Waals surface area contributed by atoms with Crippen LogP contribution in [0.25, 0.3) is 0 Å². The summed E-state index contributed by atoms with van der Waals surface area (Å²) < 4.78 is 0. The van der Waals surface area contributed by atoms with Crippen LogP contribution in [0.3, 0.4) is 0 Å². The second kappa shape index (κ2) is 6.33. The molecule has 1 fully saturated rings. The molecule has 1 aromatic carbocycles. The highest BCUT2D eigenvalue weighted by molar-refractivity contribution is 6.30. The third-order valence-electron chi connectivity index (χ3n) is 3.75. The summed E-state index contributed by atoms with van der Waals surface area (Å²) in [6, 6.07) is 11.6. The molecule has 110 valence electrons. The average molecular weight is 304 g/mol. The Bertz CT molecular complexity index is 577. The van der Waals surface area contributed by atoms with Crippen molar-refractivity contribution < 1.29 is 5.11 Å². The molecule has 1 saturated heterocycles. The van der Waals surface area contributed by atoms with Crippen molar-refractivity contribution >= 4 is 17.4 Å². The number of anilines is 1. The maximum Gasteiger partial charge on any atom is 0.134 e. The Labute approximate surface area is 129 Å². The lowest BCUT2D eigenvalue weighted by atomic mass is 10.2. The van der Waals surface area contributed by atoms with Crippen LogP contribution in [0.1, 0.15) is 5.56 Å². The lowest BCUT2D eigenvalue weighted by Crippen LogP contribution is -2.46. The highest BCUT2D eigenvalue weighted by Gasteiger charge is 2.17. The molecule has 0 bridgehead atoms. The fourth-order valence-corrected chi connectivity index (χ4v) is 2.67. The Kier molecular flexibility index (Phi) is 4.27. The number of pyridine rings is 1. The molecule has 1 N–H and O–H groups in total. The van der Waals surface area contributed by atoms with Gasteiger partial charge in [-0.2, -0.15) is 0 Å². The maximum atomic E-state index is 9.28. The van der Waals surface area contributed by atoms with Crippen LogP contribution in [-0.4, -0.2) is 41.2 Å². The van der Waals surface area contributed by atoms with Crippen LogP contribution in [0.15, 0.2) is 42.6 Å². The minimum absolute atomic E-state index is 0.208. The zero-order chi connectivity index (χ0) is 14.7. The van der Waals surface area contributed by atoms with Crippen molar-refractivity contribution in [2.45, 2.75) is 6.54 Å². The molecule has 1 aliphatic rings. The van der Waals surface area contributed by atoms with E-state index < -0.39 is 0 Å². The van der Waals surface area contributed by atoms with E-state index in [1.54, 1.807) is 6.07 Å². The molecule has 21 heavy (non-hydrogen) atoms. The summed E-state index contributed by atoms with van der Waals surface area (Å²) >= 11 is 5.91. The monoisotopic (exact) mass is 303 g/mol. The third-order valence-corrected chi connectivity index (χ3v) is 4.00. The van der Waals surface area contributed by atoms with E-state index in [2.05, 4.69) is 26.9 Å². The van der Waals surface area contributed by atoms with Crippen LogP contribution in [0.4, 0.5) is 5.82 Å². The molecule has 0 radical (unpaired) electrons. The summed E-state index contributed by atoms with van der Waals surface area (Å²) in [5, 5.41) is 10.1. The highest BCUT2D eigenvalue weighted by Crippen LogP contribution is 2.18. The summed E-state index contributed by atoms with van der Waals surface area (Å²) in [6.45, 7) is 4.86. The van der Waals surface area contributed by atoms with Gasteiger partial charge in [0.1, 0.15) is 11.6 Å². The van der Waals surface area contributed by atoms with Crippen molar-refractivity contribution in [3.05, 3.63) is 53.2 Å². The van der Waals surface area contributed by atoms with E-state index >= 15 is 0 Å². The van der Waals surface area contributed by atoms with E-state index in [0.29, 0.717) is 0 Å². The second-order valence-corrected chi connectivity index (χ2v) is 5.70. The zero-order valence-corrected chi connectivity index (χ0v) is 12.5. The van der Waals surface area contributed by atoms with E-state index in [1.165, 1.54) is 11.8 Å². The van der Waals surface area contributed by atoms with E-state index in [9.17, 15) is 5.11 Å². The predicted molar refractivity (Wildman–Crippen MR) is 84.8 cm³/mol. The van der Waals surface area contributed by atoms with Gasteiger partial charge in [-0.05, 0) is 29.8 Å². The average Bonchev–Trinajstić information content (AvgIpc) is 2.51. The van der Waals surface area contributed by atoms with Crippen LogP contribution in [0, 0.1) is 0 Å². The number of piperazine rings is 1. The number of benzene rings is 1. The molecule has 0 saturated carbocycles. The summed E-state index contributed by atoms with van der Waals surface area (Å²) in [5.41, 5.74) is 1.29. The Balaban J connectivity index is 1.55. The lowest BCUT2D eigenvalue weighted by Gasteiger charge is -2.35. The molecule has 0 amide bonds. The molecule has 2 aromatic rings. The van der Waals surface area contributed by atoms with Gasteiger partial charge in [0.25, 0.3) is 0 Å². The fourth-order valence-electron chi connectivity index (χ4n) is 2.55. The number of hydrogen-bond donors (Lipinski definition) is 1. The van der Waals surface area contributed by atoms with Gasteiger partial charge in [0, 0.05) is 37.7 Å². The number of rotatable bonds is 3. The number of aromatic nitrogens is 1. The van der Waals surface area contributed by atoms with Gasteiger partial charge in [0.05, 0.1) is 6.20 Å². The molecule has 0 aliphatic carbocycles. The lowest BCUT2D eigenvalue weighted by molar-refractivity contribution is 0.249. The Morgan fingerprint density at radius 2 is 1.71 bits per heavy atom. The SMILES string of the molecule is Oc1ccc(N2CCN(Cc3ccc(Cl)cc3)CC2)nc1. The van der Waals surface area contributed by atoms with Gasteiger partial charge in [-0.1, -0.05) is 23.7 Å². The van der Waals surface area contributed by atoms with E-state index in [-0.39, 0.29) is 5.75 Å². The molecular weight excluding hydrogens is 286 g/mol. The van der Waals surface area contributed by atoms with Crippen LogP contribution < -0.4 is 4.90 Å². The predicted octanol–water partition coefficient (Wildman–Crippen LogP) is 2.76. The molecule has 0 unspecified atom stereocenters. The highest BCUT2D eigenvalue weighted by atomic mass is 35.5. The topological polar surface area (TPSA) is 39.6 Å². The summed E-state index contributed by atoms with van der Waals surface area (Å²) in [4.78, 5) is 8.94. The van der Waals surface area contributed by atoms with Gasteiger partial charge >= 0.3 is 0 Å². The maximum absolute atomic E-state index is 9.28. The first-order chi connectivity index (χ1) is 10.2. The quantitative estimate of drug-likeness (QED) is 0.946. The second-order valence-electron chi connectivity index (χ2n) is 5.26. The van der Waals surface area contributed by atoms with E-state index in [1.807, 2.05) is 18.2 Å². The first kappa shape index (κ1) is 14.2. The molecule has 2 heterocycles. The molecule has 1 aromatic heterocycles. The fraction of sp³-hybridized carbons (Fsp3) is 0.312. The van der Waals surface area contributed by atoms with E-state index in [0.717, 1.165) is 43.6 Å².